The number of amides is 1. The van der Waals surface area contributed by atoms with Crippen LogP contribution in [0.15, 0.2) is 57.7 Å². The Bertz CT molecular complexity index is 1170. The highest BCUT2D eigenvalue weighted by Gasteiger charge is 2.37. The molecule has 0 radical (unpaired) electrons. The number of hydrogen-bond acceptors (Lipinski definition) is 3. The zero-order chi connectivity index (χ0) is 20.1. The Morgan fingerprint density at radius 1 is 1.00 bits per heavy atom. The first-order valence-corrected chi connectivity index (χ1v) is 10.3. The molecule has 0 unspecified atom stereocenters. The molecule has 148 valence electrons. The number of carbonyl (C=O) groups is 1. The van der Waals surface area contributed by atoms with Crippen LogP contribution >= 0.6 is 23.2 Å². The molecule has 2 aliphatic rings. The summed E-state index contributed by atoms with van der Waals surface area (Å²) in [6, 6.07) is 14.1. The minimum absolute atomic E-state index is 0.0364. The molecule has 2 aromatic heterocycles. The second-order valence-corrected chi connectivity index (χ2v) is 8.52. The number of pyridine rings is 1. The Morgan fingerprint density at radius 2 is 1.86 bits per heavy atom. The quantitative estimate of drug-likeness (QED) is 0.595. The van der Waals surface area contributed by atoms with E-state index in [9.17, 15) is 9.59 Å². The normalized spacial score (nSPS) is 20.4. The summed E-state index contributed by atoms with van der Waals surface area (Å²) in [6.45, 7) is 1.86. The van der Waals surface area contributed by atoms with Gasteiger partial charge in [-0.05, 0) is 48.7 Å². The van der Waals surface area contributed by atoms with Crippen LogP contribution in [0, 0.1) is 5.92 Å². The van der Waals surface area contributed by atoms with E-state index in [4.69, 9.17) is 27.6 Å². The first-order chi connectivity index (χ1) is 14.0. The molecule has 2 aliphatic heterocycles. The molecule has 1 aromatic carbocycles. The molecule has 3 aromatic rings. The number of hydrogen-bond donors (Lipinski definition) is 0. The Labute approximate surface area is 177 Å². The zero-order valence-electron chi connectivity index (χ0n) is 15.5. The van der Waals surface area contributed by atoms with E-state index in [0.717, 1.165) is 17.7 Å². The lowest BCUT2D eigenvalue weighted by atomic mass is 9.83. The predicted octanol–water partition coefficient (Wildman–Crippen LogP) is 4.67. The topological polar surface area (TPSA) is 55.5 Å². The van der Waals surface area contributed by atoms with Gasteiger partial charge in [0.2, 0.25) is 0 Å². The van der Waals surface area contributed by atoms with Gasteiger partial charge in [-0.15, -0.1) is 0 Å². The molecule has 5 rings (SSSR count). The number of carbonyl (C=O) groups excluding carboxylic acids is 1. The maximum Gasteiger partial charge on any atom is 0.289 e. The average molecular weight is 429 g/mol. The summed E-state index contributed by atoms with van der Waals surface area (Å²) in [5.74, 6) is 1.19. The van der Waals surface area contributed by atoms with Gasteiger partial charge in [-0.2, -0.15) is 0 Å². The molecular weight excluding hydrogens is 411 g/mol. The summed E-state index contributed by atoms with van der Waals surface area (Å²) in [7, 11) is 0. The number of likely N-dealkylation sites (tertiary alicyclic amines) is 1. The van der Waals surface area contributed by atoms with E-state index in [-0.39, 0.29) is 23.3 Å². The van der Waals surface area contributed by atoms with Crippen molar-refractivity contribution in [2.75, 3.05) is 13.1 Å². The van der Waals surface area contributed by atoms with Crippen molar-refractivity contribution in [3.8, 4) is 11.3 Å². The van der Waals surface area contributed by atoms with Crippen molar-refractivity contribution in [3.05, 3.63) is 80.4 Å². The molecule has 0 N–H and O–H groups in total. The van der Waals surface area contributed by atoms with Gasteiger partial charge in [-0.25, -0.2) is 0 Å². The second kappa shape index (κ2) is 7.08. The fraction of sp³-hybridized carbons (Fsp3) is 0.273. The van der Waals surface area contributed by atoms with Crippen molar-refractivity contribution in [1.82, 2.24) is 9.47 Å². The van der Waals surface area contributed by atoms with Crippen molar-refractivity contribution in [2.24, 2.45) is 5.92 Å². The molecule has 1 amide bonds. The highest BCUT2D eigenvalue weighted by Crippen LogP contribution is 2.36. The minimum atomic E-state index is -0.127. The van der Waals surface area contributed by atoms with E-state index in [1.165, 1.54) is 0 Å². The smallest absolute Gasteiger partial charge is 0.289 e. The van der Waals surface area contributed by atoms with Crippen LogP contribution in [0.2, 0.25) is 10.0 Å². The molecule has 0 saturated carbocycles. The van der Waals surface area contributed by atoms with Crippen LogP contribution in [0.5, 0.6) is 0 Å². The van der Waals surface area contributed by atoms with Gasteiger partial charge in [0, 0.05) is 42.9 Å². The number of nitrogens with zero attached hydrogens (tertiary/aromatic N) is 2. The maximum absolute atomic E-state index is 13.1. The van der Waals surface area contributed by atoms with Crippen LogP contribution < -0.4 is 5.56 Å². The summed E-state index contributed by atoms with van der Waals surface area (Å²) < 4.78 is 7.70. The molecule has 7 heteroatoms. The first kappa shape index (κ1) is 18.5. The molecule has 1 fully saturated rings. The summed E-state index contributed by atoms with van der Waals surface area (Å²) in [5.41, 5.74) is 1.82. The Balaban J connectivity index is 1.39. The summed E-state index contributed by atoms with van der Waals surface area (Å²) in [4.78, 5) is 27.1. The third-order valence-electron chi connectivity index (χ3n) is 5.79. The van der Waals surface area contributed by atoms with Crippen LogP contribution in [-0.2, 0) is 6.54 Å². The van der Waals surface area contributed by atoms with Gasteiger partial charge in [-0.1, -0.05) is 29.3 Å². The average Bonchev–Trinajstić information content (AvgIpc) is 3.20. The van der Waals surface area contributed by atoms with E-state index >= 15 is 0 Å². The van der Waals surface area contributed by atoms with E-state index in [1.807, 2.05) is 15.5 Å². The molecule has 0 spiro atoms. The molecule has 2 atom stereocenters. The van der Waals surface area contributed by atoms with Crippen LogP contribution in [0.3, 0.4) is 0 Å². The third-order valence-corrected chi connectivity index (χ3v) is 6.53. The lowest BCUT2D eigenvalue weighted by molar-refractivity contribution is 0.0564. The highest BCUT2D eigenvalue weighted by atomic mass is 35.5. The Kier molecular flexibility index (Phi) is 4.52. The summed E-state index contributed by atoms with van der Waals surface area (Å²) in [6.07, 6.45) is 1.000. The SMILES string of the molecule is O=C(c1ccc(-c2ccc(Cl)c(Cl)c2)o1)N1C[C@H]2C[C@@H](C1)c1cccc(=O)n1C2. The Morgan fingerprint density at radius 3 is 2.69 bits per heavy atom. The lowest BCUT2D eigenvalue weighted by Gasteiger charge is -2.42. The fourth-order valence-electron chi connectivity index (χ4n) is 4.48. The first-order valence-electron chi connectivity index (χ1n) is 9.54. The van der Waals surface area contributed by atoms with E-state index in [1.54, 1.807) is 42.5 Å². The number of benzene rings is 1. The Hall–Kier alpha value is -2.50. The van der Waals surface area contributed by atoms with E-state index < -0.39 is 0 Å². The molecule has 1 saturated heterocycles. The van der Waals surface area contributed by atoms with Crippen LogP contribution in [0.4, 0.5) is 0 Å². The predicted molar refractivity (Wildman–Crippen MR) is 112 cm³/mol. The monoisotopic (exact) mass is 428 g/mol. The van der Waals surface area contributed by atoms with Gasteiger partial charge in [0.1, 0.15) is 5.76 Å². The van der Waals surface area contributed by atoms with Crippen LogP contribution in [0.1, 0.15) is 28.6 Å². The number of piperidine rings is 1. The third kappa shape index (κ3) is 3.28. The zero-order valence-corrected chi connectivity index (χ0v) is 17.0. The number of rotatable bonds is 2. The molecule has 0 aliphatic carbocycles. The highest BCUT2D eigenvalue weighted by molar-refractivity contribution is 6.42. The number of fused-ring (bicyclic) bond motifs is 4. The standard InChI is InChI=1S/C22H18Cl2N2O3/c23-16-5-4-14(9-17(16)24)19-6-7-20(29-19)22(28)25-10-13-8-15(12-25)18-2-1-3-21(27)26(18)11-13/h1-7,9,13,15H,8,10-12H2/t13-,15+/m1/s1. The lowest BCUT2D eigenvalue weighted by Crippen LogP contribution is -2.49. The van der Waals surface area contributed by atoms with Crippen LogP contribution in [-0.4, -0.2) is 28.5 Å². The van der Waals surface area contributed by atoms with Crippen molar-refractivity contribution < 1.29 is 9.21 Å². The van der Waals surface area contributed by atoms with Crippen molar-refractivity contribution in [1.29, 1.82) is 0 Å². The molecular formula is C22H18Cl2N2O3. The van der Waals surface area contributed by atoms with Gasteiger partial charge < -0.3 is 13.9 Å². The maximum atomic E-state index is 13.1. The summed E-state index contributed by atoms with van der Waals surface area (Å²) >= 11 is 12.1. The van der Waals surface area contributed by atoms with E-state index in [0.29, 0.717) is 41.2 Å². The van der Waals surface area contributed by atoms with Gasteiger partial charge >= 0.3 is 0 Å². The molecule has 5 nitrogen and oxygen atoms in total. The van der Waals surface area contributed by atoms with Crippen molar-refractivity contribution in [2.45, 2.75) is 18.9 Å². The van der Waals surface area contributed by atoms with E-state index in [2.05, 4.69) is 0 Å². The van der Waals surface area contributed by atoms with Crippen LogP contribution in [0.25, 0.3) is 11.3 Å². The molecule has 4 heterocycles. The number of furan rings is 1. The van der Waals surface area contributed by atoms with Crippen molar-refractivity contribution in [3.63, 3.8) is 0 Å². The van der Waals surface area contributed by atoms with Gasteiger partial charge in [0.15, 0.2) is 5.76 Å². The molecule has 29 heavy (non-hydrogen) atoms. The number of aromatic nitrogens is 1. The minimum Gasteiger partial charge on any atom is -0.451 e. The number of halogens is 2. The second-order valence-electron chi connectivity index (χ2n) is 7.70. The van der Waals surface area contributed by atoms with Gasteiger partial charge in [0.25, 0.3) is 11.5 Å². The van der Waals surface area contributed by atoms with Gasteiger partial charge in [0.05, 0.1) is 10.0 Å². The summed E-state index contributed by atoms with van der Waals surface area (Å²) in [5, 5.41) is 0.906. The molecule has 2 bridgehead atoms. The van der Waals surface area contributed by atoms with Crippen molar-refractivity contribution >= 4 is 29.1 Å². The van der Waals surface area contributed by atoms with Gasteiger partial charge in [-0.3, -0.25) is 9.59 Å². The fourth-order valence-corrected chi connectivity index (χ4v) is 4.77. The largest absolute Gasteiger partial charge is 0.451 e.